The highest BCUT2D eigenvalue weighted by molar-refractivity contribution is 7.20. The van der Waals surface area contributed by atoms with E-state index >= 15 is 0 Å². The molecule has 0 atom stereocenters. The third-order valence-corrected chi connectivity index (χ3v) is 6.52. The van der Waals surface area contributed by atoms with E-state index < -0.39 is 5.97 Å². The molecule has 0 fully saturated rings. The summed E-state index contributed by atoms with van der Waals surface area (Å²) in [6.07, 6.45) is 0.768. The number of esters is 1. The molecule has 3 aromatic rings. The van der Waals surface area contributed by atoms with Crippen LogP contribution in [0.4, 0.5) is 5.00 Å². The topological polar surface area (TPSA) is 71.5 Å². The minimum absolute atomic E-state index is 0.302. The number of amides is 1. The van der Waals surface area contributed by atoms with Crippen molar-refractivity contribution in [2.45, 2.75) is 13.0 Å². The molecule has 1 N–H and O–H groups in total. The lowest BCUT2D eigenvalue weighted by atomic mass is 10.0. The summed E-state index contributed by atoms with van der Waals surface area (Å²) in [5, 5.41) is 3.81. The first kappa shape index (κ1) is 17.1. The summed E-state index contributed by atoms with van der Waals surface area (Å²) < 4.78 is 5.91. The largest absolute Gasteiger partial charge is 0.465 e. The van der Waals surface area contributed by atoms with Crippen molar-refractivity contribution in [3.8, 4) is 0 Å². The Bertz CT molecular complexity index is 975. The number of nitrogens with zero attached hydrogens (tertiary/aromatic N) is 2. The third-order valence-electron chi connectivity index (χ3n) is 4.35. The van der Waals surface area contributed by atoms with Crippen LogP contribution in [0.1, 0.15) is 30.6 Å². The lowest BCUT2D eigenvalue weighted by molar-refractivity contribution is 0.0600. The zero-order valence-corrected chi connectivity index (χ0v) is 16.0. The van der Waals surface area contributed by atoms with Crippen LogP contribution in [0.25, 0.3) is 10.2 Å². The fraction of sp³-hybridized carbons (Fsp3) is 0.278. The highest BCUT2D eigenvalue weighted by atomic mass is 32.1. The lowest BCUT2D eigenvalue weighted by Gasteiger charge is -2.22. The van der Waals surface area contributed by atoms with E-state index in [0.29, 0.717) is 15.6 Å². The van der Waals surface area contributed by atoms with Crippen molar-refractivity contribution in [2.75, 3.05) is 26.0 Å². The SMILES string of the molecule is COC(=O)c1c(NC(=O)c2nc3ccccc3s2)sc2c1CCN(C)C2. The molecule has 26 heavy (non-hydrogen) atoms. The first-order valence-electron chi connectivity index (χ1n) is 8.15. The molecule has 1 amide bonds. The molecule has 0 saturated carbocycles. The summed E-state index contributed by atoms with van der Waals surface area (Å²) in [7, 11) is 3.40. The maximum absolute atomic E-state index is 12.7. The number of methoxy groups -OCH3 is 1. The maximum Gasteiger partial charge on any atom is 0.341 e. The zero-order chi connectivity index (χ0) is 18.3. The smallest absolute Gasteiger partial charge is 0.341 e. The molecule has 8 heteroatoms. The van der Waals surface area contributed by atoms with Gasteiger partial charge < -0.3 is 15.0 Å². The van der Waals surface area contributed by atoms with Crippen molar-refractivity contribution in [1.29, 1.82) is 0 Å². The number of carbonyl (C=O) groups is 2. The van der Waals surface area contributed by atoms with Crippen LogP contribution >= 0.6 is 22.7 Å². The second kappa shape index (κ2) is 6.79. The fourth-order valence-corrected chi connectivity index (χ4v) is 5.24. The Balaban J connectivity index is 1.68. The number of likely N-dealkylation sites (N-methyl/N-ethyl adjacent to an activating group) is 1. The number of thiophene rings is 1. The van der Waals surface area contributed by atoms with Crippen molar-refractivity contribution in [2.24, 2.45) is 0 Å². The lowest BCUT2D eigenvalue weighted by Crippen LogP contribution is -2.26. The molecule has 0 unspecified atom stereocenters. The maximum atomic E-state index is 12.7. The number of aromatic nitrogens is 1. The summed E-state index contributed by atoms with van der Waals surface area (Å²) in [6, 6.07) is 7.62. The molecule has 2 aromatic heterocycles. The molecule has 0 spiro atoms. The predicted octanol–water partition coefficient (Wildman–Crippen LogP) is 3.38. The van der Waals surface area contributed by atoms with E-state index in [2.05, 4.69) is 15.2 Å². The number of thiazole rings is 1. The molecular weight excluding hydrogens is 370 g/mol. The number of nitrogens with one attached hydrogen (secondary N) is 1. The first-order valence-corrected chi connectivity index (χ1v) is 9.78. The molecule has 1 aromatic carbocycles. The van der Waals surface area contributed by atoms with E-state index in [1.807, 2.05) is 31.3 Å². The van der Waals surface area contributed by atoms with Gasteiger partial charge in [0.1, 0.15) is 5.00 Å². The number of hydrogen-bond donors (Lipinski definition) is 1. The van der Waals surface area contributed by atoms with E-state index in [-0.39, 0.29) is 5.91 Å². The third kappa shape index (κ3) is 3.00. The van der Waals surface area contributed by atoms with Gasteiger partial charge in [-0.3, -0.25) is 4.79 Å². The molecule has 134 valence electrons. The van der Waals surface area contributed by atoms with Crippen molar-refractivity contribution < 1.29 is 14.3 Å². The number of fused-ring (bicyclic) bond motifs is 2. The van der Waals surface area contributed by atoms with Gasteiger partial charge in [-0.15, -0.1) is 22.7 Å². The molecule has 6 nitrogen and oxygen atoms in total. The van der Waals surface area contributed by atoms with Crippen LogP contribution < -0.4 is 5.32 Å². The Morgan fingerprint density at radius 3 is 2.85 bits per heavy atom. The second-order valence-corrected chi connectivity index (χ2v) is 8.26. The molecule has 4 rings (SSSR count). The van der Waals surface area contributed by atoms with Gasteiger partial charge in [0.2, 0.25) is 0 Å². The van der Waals surface area contributed by atoms with Gasteiger partial charge in [-0.05, 0) is 31.2 Å². The Morgan fingerprint density at radius 1 is 1.27 bits per heavy atom. The average molecular weight is 387 g/mol. The Kier molecular flexibility index (Phi) is 4.47. The van der Waals surface area contributed by atoms with Crippen LogP contribution in [-0.2, 0) is 17.7 Å². The second-order valence-electron chi connectivity index (χ2n) is 6.13. The van der Waals surface area contributed by atoms with Gasteiger partial charge in [-0.1, -0.05) is 12.1 Å². The number of ether oxygens (including phenoxy) is 1. The van der Waals surface area contributed by atoms with Crippen LogP contribution in [0, 0.1) is 0 Å². The number of benzene rings is 1. The molecule has 3 heterocycles. The van der Waals surface area contributed by atoms with Crippen molar-refractivity contribution in [3.05, 3.63) is 45.3 Å². The number of rotatable bonds is 3. The van der Waals surface area contributed by atoms with Crippen LogP contribution in [-0.4, -0.2) is 42.5 Å². The summed E-state index contributed by atoms with van der Waals surface area (Å²) in [5.74, 6) is -0.713. The Labute approximate surface area is 158 Å². The predicted molar refractivity (Wildman–Crippen MR) is 103 cm³/mol. The number of anilines is 1. The number of hydrogen-bond acceptors (Lipinski definition) is 7. The normalized spacial score (nSPS) is 14.2. The quantitative estimate of drug-likeness (QED) is 0.698. The van der Waals surface area contributed by atoms with Crippen LogP contribution in [0.15, 0.2) is 24.3 Å². The van der Waals surface area contributed by atoms with E-state index in [0.717, 1.165) is 40.2 Å². The zero-order valence-electron chi connectivity index (χ0n) is 14.4. The first-order chi connectivity index (χ1) is 12.6. The molecule has 0 saturated heterocycles. The van der Waals surface area contributed by atoms with Crippen LogP contribution in [0.3, 0.4) is 0 Å². The highest BCUT2D eigenvalue weighted by Crippen LogP contribution is 2.37. The van der Waals surface area contributed by atoms with Gasteiger partial charge in [-0.25, -0.2) is 9.78 Å². The van der Waals surface area contributed by atoms with Crippen molar-refractivity contribution in [1.82, 2.24) is 9.88 Å². The molecular formula is C18H17N3O3S2. The number of para-hydroxylation sites is 1. The van der Waals surface area contributed by atoms with Gasteiger partial charge in [-0.2, -0.15) is 0 Å². The minimum Gasteiger partial charge on any atom is -0.465 e. The van der Waals surface area contributed by atoms with E-state index in [1.165, 1.54) is 29.8 Å². The molecule has 1 aliphatic rings. The average Bonchev–Trinajstić information content (AvgIpc) is 3.21. The van der Waals surface area contributed by atoms with Crippen molar-refractivity contribution >= 4 is 49.8 Å². The summed E-state index contributed by atoms with van der Waals surface area (Å²) in [6.45, 7) is 1.64. The van der Waals surface area contributed by atoms with Gasteiger partial charge in [0.15, 0.2) is 5.01 Å². The summed E-state index contributed by atoms with van der Waals surface area (Å²) in [4.78, 5) is 32.7. The van der Waals surface area contributed by atoms with Gasteiger partial charge in [0.25, 0.3) is 5.91 Å². The number of carbonyl (C=O) groups excluding carboxylic acids is 2. The Hall–Kier alpha value is -2.29. The van der Waals surface area contributed by atoms with Crippen molar-refractivity contribution in [3.63, 3.8) is 0 Å². The van der Waals surface area contributed by atoms with Gasteiger partial charge in [0.05, 0.1) is 22.9 Å². The molecule has 0 aliphatic carbocycles. The Morgan fingerprint density at radius 2 is 2.08 bits per heavy atom. The summed E-state index contributed by atoms with van der Waals surface area (Å²) in [5.41, 5.74) is 2.26. The van der Waals surface area contributed by atoms with Gasteiger partial charge in [0, 0.05) is 18.0 Å². The minimum atomic E-state index is -0.411. The monoisotopic (exact) mass is 387 g/mol. The molecule has 0 bridgehead atoms. The van der Waals surface area contributed by atoms with Gasteiger partial charge >= 0.3 is 5.97 Å². The van der Waals surface area contributed by atoms with Crippen LogP contribution in [0.2, 0.25) is 0 Å². The van der Waals surface area contributed by atoms with Crippen LogP contribution in [0.5, 0.6) is 0 Å². The standard InChI is InChI=1S/C18H17N3O3S2/c1-21-8-7-10-13(9-21)26-16(14(10)18(23)24-2)20-15(22)17-19-11-5-3-4-6-12(11)25-17/h3-6H,7-9H2,1-2H3,(H,20,22). The molecule has 0 radical (unpaired) electrons. The van der Waals surface area contributed by atoms with E-state index in [4.69, 9.17) is 4.74 Å². The van der Waals surface area contributed by atoms with E-state index in [1.54, 1.807) is 0 Å². The molecule has 1 aliphatic heterocycles. The summed E-state index contributed by atoms with van der Waals surface area (Å²) >= 11 is 2.78. The highest BCUT2D eigenvalue weighted by Gasteiger charge is 2.29. The fourth-order valence-electron chi connectivity index (χ4n) is 3.06. The van der Waals surface area contributed by atoms with E-state index in [9.17, 15) is 9.59 Å².